The van der Waals surface area contributed by atoms with Gasteiger partial charge in [0.1, 0.15) is 0 Å². The molecule has 0 spiro atoms. The molecule has 1 aromatic carbocycles. The number of carbonyl (C=O) groups is 1. The molecule has 1 aromatic rings. The number of aliphatic hydroxyl groups excluding tert-OH is 1. The molecular formula is C15H21N3O4. The molecular weight excluding hydrogens is 286 g/mol. The number of nitro groups is 1. The topological polar surface area (TPSA) is 95.7 Å². The fraction of sp³-hybridized carbons (Fsp3) is 0.533. The molecule has 1 aliphatic heterocycles. The molecule has 1 saturated heterocycles. The van der Waals surface area contributed by atoms with Gasteiger partial charge in [-0.1, -0.05) is 13.0 Å². The number of anilines is 1. The number of benzene rings is 1. The molecule has 22 heavy (non-hydrogen) atoms. The van der Waals surface area contributed by atoms with E-state index < -0.39 is 4.92 Å². The van der Waals surface area contributed by atoms with E-state index in [0.717, 1.165) is 5.56 Å². The summed E-state index contributed by atoms with van der Waals surface area (Å²) in [5, 5.41) is 23.5. The lowest BCUT2D eigenvalue weighted by Gasteiger charge is -2.34. The summed E-state index contributed by atoms with van der Waals surface area (Å²) in [5.74, 6) is 0.0202. The second kappa shape index (κ2) is 6.31. The Hall–Kier alpha value is -2.15. The third kappa shape index (κ3) is 3.19. The highest BCUT2D eigenvalue weighted by Gasteiger charge is 2.28. The van der Waals surface area contributed by atoms with E-state index in [-0.39, 0.29) is 23.7 Å². The number of nitro benzene ring substituents is 1. The minimum atomic E-state index is -0.455. The van der Waals surface area contributed by atoms with Gasteiger partial charge in [-0.15, -0.1) is 0 Å². The molecule has 7 nitrogen and oxygen atoms in total. The first-order valence-electron chi connectivity index (χ1n) is 7.30. The van der Waals surface area contributed by atoms with Gasteiger partial charge in [0.15, 0.2) is 0 Å². The highest BCUT2D eigenvalue weighted by Crippen LogP contribution is 2.29. The molecule has 2 amide bonds. The van der Waals surface area contributed by atoms with Crippen LogP contribution in [0.4, 0.5) is 16.2 Å². The fourth-order valence-electron chi connectivity index (χ4n) is 2.73. The van der Waals surface area contributed by atoms with Crippen molar-refractivity contribution in [3.63, 3.8) is 0 Å². The lowest BCUT2D eigenvalue weighted by Crippen LogP contribution is -2.46. The molecule has 120 valence electrons. The summed E-state index contributed by atoms with van der Waals surface area (Å²) in [6.07, 6.45) is 0.159. The highest BCUT2D eigenvalue weighted by atomic mass is 16.6. The van der Waals surface area contributed by atoms with Gasteiger partial charge < -0.3 is 15.3 Å². The largest absolute Gasteiger partial charge is 0.393 e. The van der Waals surface area contributed by atoms with Gasteiger partial charge in [0.2, 0.25) is 0 Å². The number of hydrogen-bond donors (Lipinski definition) is 2. The van der Waals surface area contributed by atoms with Crippen molar-refractivity contribution in [2.45, 2.75) is 33.3 Å². The maximum absolute atomic E-state index is 12.4. The van der Waals surface area contributed by atoms with Crippen molar-refractivity contribution in [3.8, 4) is 0 Å². The molecule has 0 aliphatic carbocycles. The van der Waals surface area contributed by atoms with Gasteiger partial charge in [0, 0.05) is 19.2 Å². The van der Waals surface area contributed by atoms with Crippen LogP contribution < -0.4 is 5.32 Å². The van der Waals surface area contributed by atoms with Crippen molar-refractivity contribution in [3.05, 3.63) is 33.4 Å². The Bertz CT molecular complexity index is 603. The van der Waals surface area contributed by atoms with E-state index in [0.29, 0.717) is 30.8 Å². The van der Waals surface area contributed by atoms with Gasteiger partial charge in [-0.05, 0) is 31.7 Å². The Labute approximate surface area is 129 Å². The first-order chi connectivity index (χ1) is 10.3. The normalized spacial score (nSPS) is 21.5. The molecule has 1 aliphatic rings. The van der Waals surface area contributed by atoms with Crippen LogP contribution in [0, 0.1) is 29.9 Å². The summed E-state index contributed by atoms with van der Waals surface area (Å²) in [5.41, 5.74) is 1.70. The Kier molecular flexibility index (Phi) is 4.65. The highest BCUT2D eigenvalue weighted by molar-refractivity contribution is 5.92. The minimum Gasteiger partial charge on any atom is -0.393 e. The number of aliphatic hydroxyl groups is 1. The van der Waals surface area contributed by atoms with Gasteiger partial charge in [0.05, 0.1) is 22.3 Å². The monoisotopic (exact) mass is 307 g/mol. The zero-order valence-electron chi connectivity index (χ0n) is 13.0. The Morgan fingerprint density at radius 2 is 2.14 bits per heavy atom. The third-order valence-corrected chi connectivity index (χ3v) is 4.22. The van der Waals surface area contributed by atoms with Crippen LogP contribution in [0.3, 0.4) is 0 Å². The van der Waals surface area contributed by atoms with Crippen LogP contribution in [0.25, 0.3) is 0 Å². The number of hydrogen-bond acceptors (Lipinski definition) is 4. The summed E-state index contributed by atoms with van der Waals surface area (Å²) in [4.78, 5) is 24.6. The van der Waals surface area contributed by atoms with E-state index in [9.17, 15) is 20.0 Å². The molecule has 7 heteroatoms. The summed E-state index contributed by atoms with van der Waals surface area (Å²) >= 11 is 0. The first-order valence-corrected chi connectivity index (χ1v) is 7.30. The smallest absolute Gasteiger partial charge is 0.321 e. The average molecular weight is 307 g/mol. The first kappa shape index (κ1) is 16.2. The van der Waals surface area contributed by atoms with E-state index in [1.165, 1.54) is 6.07 Å². The van der Waals surface area contributed by atoms with Gasteiger partial charge in [-0.25, -0.2) is 4.79 Å². The molecule has 1 heterocycles. The number of aryl methyl sites for hydroxylation is 1. The second-order valence-electron chi connectivity index (χ2n) is 5.87. The quantitative estimate of drug-likeness (QED) is 0.648. The molecule has 0 bridgehead atoms. The maximum Gasteiger partial charge on any atom is 0.321 e. The summed E-state index contributed by atoms with van der Waals surface area (Å²) in [6.45, 7) is 6.27. The summed E-state index contributed by atoms with van der Waals surface area (Å²) in [7, 11) is 0. The number of nitrogens with zero attached hydrogens (tertiary/aromatic N) is 2. The molecule has 1 fully saturated rings. The predicted molar refractivity (Wildman–Crippen MR) is 82.9 cm³/mol. The van der Waals surface area contributed by atoms with Crippen LogP contribution in [-0.2, 0) is 0 Å². The number of urea groups is 1. The number of rotatable bonds is 2. The van der Waals surface area contributed by atoms with Crippen LogP contribution in [-0.4, -0.2) is 40.2 Å². The second-order valence-corrected chi connectivity index (χ2v) is 5.87. The van der Waals surface area contributed by atoms with Gasteiger partial charge >= 0.3 is 6.03 Å². The number of carbonyl (C=O) groups excluding carboxylic acids is 1. The van der Waals surface area contributed by atoms with Crippen molar-refractivity contribution in [2.24, 2.45) is 5.92 Å². The Balaban J connectivity index is 2.18. The van der Waals surface area contributed by atoms with E-state index >= 15 is 0 Å². The predicted octanol–water partition coefficient (Wildman–Crippen LogP) is 2.45. The fourth-order valence-corrected chi connectivity index (χ4v) is 2.73. The van der Waals surface area contributed by atoms with Crippen LogP contribution in [0.5, 0.6) is 0 Å². The molecule has 0 unspecified atom stereocenters. The van der Waals surface area contributed by atoms with E-state index in [4.69, 9.17) is 0 Å². The molecule has 2 N–H and O–H groups in total. The zero-order valence-corrected chi connectivity index (χ0v) is 13.0. The van der Waals surface area contributed by atoms with Crippen LogP contribution in [0.1, 0.15) is 24.5 Å². The van der Waals surface area contributed by atoms with Crippen LogP contribution in [0.2, 0.25) is 0 Å². The van der Waals surface area contributed by atoms with Gasteiger partial charge in [-0.3, -0.25) is 10.1 Å². The molecule has 2 atom stereocenters. The van der Waals surface area contributed by atoms with Crippen molar-refractivity contribution < 1.29 is 14.8 Å². The molecule has 0 aromatic heterocycles. The Morgan fingerprint density at radius 1 is 1.45 bits per heavy atom. The lowest BCUT2D eigenvalue weighted by atomic mass is 9.97. The van der Waals surface area contributed by atoms with Crippen molar-refractivity contribution in [2.75, 3.05) is 18.4 Å². The van der Waals surface area contributed by atoms with Crippen LogP contribution in [0.15, 0.2) is 12.1 Å². The number of piperidine rings is 1. The minimum absolute atomic E-state index is 0.0108. The van der Waals surface area contributed by atoms with E-state index in [2.05, 4.69) is 5.32 Å². The van der Waals surface area contributed by atoms with E-state index in [1.807, 2.05) is 6.92 Å². The number of nitrogens with one attached hydrogen (secondary N) is 1. The third-order valence-electron chi connectivity index (χ3n) is 4.22. The van der Waals surface area contributed by atoms with Gasteiger partial charge in [0.25, 0.3) is 5.69 Å². The number of amides is 2. The lowest BCUT2D eigenvalue weighted by molar-refractivity contribution is -0.385. The summed E-state index contributed by atoms with van der Waals surface area (Å²) < 4.78 is 0. The molecule has 0 saturated carbocycles. The zero-order chi connectivity index (χ0) is 16.4. The molecule has 0 radical (unpaired) electrons. The average Bonchev–Trinajstić information content (AvgIpc) is 2.45. The van der Waals surface area contributed by atoms with Crippen molar-refractivity contribution in [1.82, 2.24) is 4.90 Å². The SMILES string of the molecule is Cc1ccc([N+](=O)[O-])c(C)c1NC(=O)N1CC[C@@H](O)[C@H](C)C1. The van der Waals surface area contributed by atoms with E-state index in [1.54, 1.807) is 24.8 Å². The molecule has 2 rings (SSSR count). The number of likely N-dealkylation sites (tertiary alicyclic amines) is 1. The maximum atomic E-state index is 12.4. The summed E-state index contributed by atoms with van der Waals surface area (Å²) in [6, 6.07) is 2.79. The van der Waals surface area contributed by atoms with Gasteiger partial charge in [-0.2, -0.15) is 0 Å². The Morgan fingerprint density at radius 3 is 2.73 bits per heavy atom. The van der Waals surface area contributed by atoms with Crippen molar-refractivity contribution >= 4 is 17.4 Å². The standard InChI is InChI=1S/C15H21N3O4/c1-9-4-5-12(18(21)22)11(3)14(9)16-15(20)17-7-6-13(19)10(2)8-17/h4-5,10,13,19H,6-8H2,1-3H3,(H,16,20)/t10-,13-/m1/s1. The van der Waals surface area contributed by atoms with Crippen LogP contribution >= 0.6 is 0 Å². The van der Waals surface area contributed by atoms with Crippen molar-refractivity contribution in [1.29, 1.82) is 0 Å².